The van der Waals surface area contributed by atoms with Gasteiger partial charge in [-0.25, -0.2) is 8.42 Å². The Labute approximate surface area is 207 Å². The number of alkyl halides is 3. The molecule has 0 fully saturated rings. The molecule has 0 aliphatic rings. The van der Waals surface area contributed by atoms with E-state index in [1.54, 1.807) is 6.07 Å². The highest BCUT2D eigenvalue weighted by Gasteiger charge is 2.34. The van der Waals surface area contributed by atoms with Crippen molar-refractivity contribution in [2.75, 3.05) is 35.9 Å². The van der Waals surface area contributed by atoms with Crippen molar-refractivity contribution < 1.29 is 26.4 Å². The van der Waals surface area contributed by atoms with Crippen molar-refractivity contribution in [3.63, 3.8) is 0 Å². The number of carbonyl (C=O) groups excluding carboxylic acids is 1. The Kier molecular flexibility index (Phi) is 8.29. The number of nitrogens with one attached hydrogen (secondary N) is 1. The molecular weight excluding hydrogens is 503 g/mol. The van der Waals surface area contributed by atoms with Gasteiger partial charge in [0.15, 0.2) is 0 Å². The van der Waals surface area contributed by atoms with Crippen LogP contribution in [-0.4, -0.2) is 41.0 Å². The number of halogens is 4. The average Bonchev–Trinajstić information content (AvgIpc) is 2.83. The number of hydrogen-bond acceptors (Lipinski definition) is 4. The third-order valence-corrected chi connectivity index (χ3v) is 7.22. The zero-order valence-electron chi connectivity index (χ0n) is 18.7. The predicted molar refractivity (Wildman–Crippen MR) is 130 cm³/mol. The number of anilines is 2. The van der Waals surface area contributed by atoms with Gasteiger partial charge >= 0.3 is 6.18 Å². The summed E-state index contributed by atoms with van der Waals surface area (Å²) in [6.45, 7) is -0.154. The summed E-state index contributed by atoms with van der Waals surface area (Å²) < 4.78 is 67.3. The van der Waals surface area contributed by atoms with Crippen LogP contribution in [0.1, 0.15) is 5.56 Å². The molecule has 0 aliphatic carbocycles. The van der Waals surface area contributed by atoms with Gasteiger partial charge in [0.05, 0.1) is 21.2 Å². The second-order valence-corrected chi connectivity index (χ2v) is 9.87. The quantitative estimate of drug-likeness (QED) is 0.435. The number of para-hydroxylation sites is 1. The molecule has 0 saturated heterocycles. The number of rotatable bonds is 9. The first kappa shape index (κ1) is 26.4. The van der Waals surface area contributed by atoms with Gasteiger partial charge in [-0.3, -0.25) is 9.10 Å². The molecular formula is C24H23ClF3N3O3S. The van der Waals surface area contributed by atoms with Gasteiger partial charge in [0.2, 0.25) is 5.91 Å². The molecule has 0 aromatic heterocycles. The van der Waals surface area contributed by atoms with Gasteiger partial charge in [-0.15, -0.1) is 0 Å². The molecule has 186 valence electrons. The lowest BCUT2D eigenvalue weighted by Crippen LogP contribution is -2.43. The number of amides is 1. The van der Waals surface area contributed by atoms with Crippen LogP contribution < -0.4 is 14.5 Å². The standard InChI is InChI=1S/C24H23ClF3N3O3S/c1-30(19-8-4-2-5-9-19)15-14-29-23(32)17-31(35(33,34)20-10-6-3-7-11-20)22-16-18(24(26,27)28)12-13-21(22)25/h2-13,16H,14-15,17H2,1H3,(H,29,32). The maximum atomic E-state index is 13.3. The Morgan fingerprint density at radius 2 is 1.57 bits per heavy atom. The molecule has 0 aliphatic heterocycles. The molecule has 0 saturated carbocycles. The van der Waals surface area contributed by atoms with Crippen LogP contribution in [0.25, 0.3) is 0 Å². The van der Waals surface area contributed by atoms with Gasteiger partial charge in [0, 0.05) is 25.8 Å². The fourth-order valence-corrected chi connectivity index (χ4v) is 4.98. The molecule has 3 rings (SSSR count). The lowest BCUT2D eigenvalue weighted by Gasteiger charge is -2.26. The van der Waals surface area contributed by atoms with E-state index in [1.807, 2.05) is 42.3 Å². The van der Waals surface area contributed by atoms with Crippen LogP contribution in [0.4, 0.5) is 24.5 Å². The molecule has 3 aromatic carbocycles. The van der Waals surface area contributed by atoms with Gasteiger partial charge < -0.3 is 10.2 Å². The van der Waals surface area contributed by atoms with E-state index >= 15 is 0 Å². The molecule has 0 bridgehead atoms. The molecule has 11 heteroatoms. The van der Waals surface area contributed by atoms with Gasteiger partial charge in [-0.2, -0.15) is 13.2 Å². The van der Waals surface area contributed by atoms with Gasteiger partial charge in [0.1, 0.15) is 6.54 Å². The summed E-state index contributed by atoms with van der Waals surface area (Å²) in [5.74, 6) is -0.695. The molecule has 3 aromatic rings. The van der Waals surface area contributed by atoms with E-state index in [4.69, 9.17) is 11.6 Å². The zero-order valence-corrected chi connectivity index (χ0v) is 20.2. The summed E-state index contributed by atoms with van der Waals surface area (Å²) in [4.78, 5) is 14.4. The van der Waals surface area contributed by atoms with Crippen LogP contribution in [0.3, 0.4) is 0 Å². The summed E-state index contributed by atoms with van der Waals surface area (Å²) in [5.41, 5.74) is -0.609. The third kappa shape index (κ3) is 6.67. The molecule has 0 unspecified atom stereocenters. The van der Waals surface area contributed by atoms with E-state index in [0.717, 1.165) is 17.8 Å². The molecule has 0 radical (unpaired) electrons. The van der Waals surface area contributed by atoms with Gasteiger partial charge in [-0.1, -0.05) is 48.0 Å². The van der Waals surface area contributed by atoms with E-state index in [-0.39, 0.29) is 16.5 Å². The minimum Gasteiger partial charge on any atom is -0.373 e. The van der Waals surface area contributed by atoms with Crippen LogP contribution in [0.5, 0.6) is 0 Å². The Bertz CT molecular complexity index is 1260. The van der Waals surface area contributed by atoms with Crippen molar-refractivity contribution in [3.8, 4) is 0 Å². The van der Waals surface area contributed by atoms with E-state index < -0.39 is 39.9 Å². The highest BCUT2D eigenvalue weighted by molar-refractivity contribution is 7.92. The third-order valence-electron chi connectivity index (χ3n) is 5.13. The van der Waals surface area contributed by atoms with Crippen LogP contribution >= 0.6 is 11.6 Å². The summed E-state index contributed by atoms with van der Waals surface area (Å²) in [6, 6.07) is 18.8. The maximum Gasteiger partial charge on any atom is 0.416 e. The largest absolute Gasteiger partial charge is 0.416 e. The van der Waals surface area contributed by atoms with E-state index in [0.29, 0.717) is 16.9 Å². The Hall–Kier alpha value is -3.24. The molecule has 1 amide bonds. The number of nitrogens with zero attached hydrogens (tertiary/aromatic N) is 2. The van der Waals surface area contributed by atoms with Crippen LogP contribution in [0, 0.1) is 0 Å². The highest BCUT2D eigenvalue weighted by Crippen LogP contribution is 2.37. The second kappa shape index (κ2) is 11.0. The van der Waals surface area contributed by atoms with E-state index in [9.17, 15) is 26.4 Å². The second-order valence-electron chi connectivity index (χ2n) is 7.60. The molecule has 0 spiro atoms. The molecule has 6 nitrogen and oxygen atoms in total. The van der Waals surface area contributed by atoms with E-state index in [2.05, 4.69) is 5.32 Å². The van der Waals surface area contributed by atoms with Crippen molar-refractivity contribution in [1.82, 2.24) is 5.32 Å². The summed E-state index contributed by atoms with van der Waals surface area (Å²) >= 11 is 6.12. The first-order valence-corrected chi connectivity index (χ1v) is 12.3. The minimum absolute atomic E-state index is 0.180. The topological polar surface area (TPSA) is 69.7 Å². The lowest BCUT2D eigenvalue weighted by atomic mass is 10.2. The molecule has 0 atom stereocenters. The van der Waals surface area contributed by atoms with Crippen LogP contribution in [0.15, 0.2) is 83.8 Å². The fourth-order valence-electron chi connectivity index (χ4n) is 3.26. The molecule has 35 heavy (non-hydrogen) atoms. The number of sulfonamides is 1. The maximum absolute atomic E-state index is 13.3. The summed E-state index contributed by atoms with van der Waals surface area (Å²) in [5, 5.41) is 2.38. The molecule has 0 heterocycles. The molecule has 1 N–H and O–H groups in total. The number of hydrogen-bond donors (Lipinski definition) is 1. The Morgan fingerprint density at radius 1 is 0.971 bits per heavy atom. The van der Waals surface area contributed by atoms with Crippen molar-refractivity contribution in [1.29, 1.82) is 0 Å². The zero-order chi connectivity index (χ0) is 25.6. The number of likely N-dealkylation sites (N-methyl/N-ethyl adjacent to an activating group) is 1. The van der Waals surface area contributed by atoms with Crippen molar-refractivity contribution >= 4 is 38.9 Å². The monoisotopic (exact) mass is 525 g/mol. The van der Waals surface area contributed by atoms with Crippen LogP contribution in [-0.2, 0) is 21.0 Å². The number of carbonyl (C=O) groups is 1. The van der Waals surface area contributed by atoms with Gasteiger partial charge in [0.25, 0.3) is 10.0 Å². The summed E-state index contributed by atoms with van der Waals surface area (Å²) in [6.07, 6.45) is -4.73. The predicted octanol–water partition coefficient (Wildman–Crippen LogP) is 4.81. The fraction of sp³-hybridized carbons (Fsp3) is 0.208. The van der Waals surface area contributed by atoms with Crippen molar-refractivity contribution in [3.05, 3.63) is 89.4 Å². The lowest BCUT2D eigenvalue weighted by molar-refractivity contribution is -0.137. The van der Waals surface area contributed by atoms with Crippen LogP contribution in [0.2, 0.25) is 5.02 Å². The Balaban J connectivity index is 1.85. The van der Waals surface area contributed by atoms with Gasteiger partial charge in [-0.05, 0) is 42.5 Å². The Morgan fingerprint density at radius 3 is 2.17 bits per heavy atom. The smallest absolute Gasteiger partial charge is 0.373 e. The minimum atomic E-state index is -4.73. The summed E-state index contributed by atoms with van der Waals surface area (Å²) in [7, 11) is -2.58. The van der Waals surface area contributed by atoms with E-state index in [1.165, 1.54) is 24.3 Å². The first-order chi connectivity index (χ1) is 16.5. The first-order valence-electron chi connectivity index (χ1n) is 10.5. The normalized spacial score (nSPS) is 11.7. The SMILES string of the molecule is CN(CCNC(=O)CN(c1cc(C(F)(F)F)ccc1Cl)S(=O)(=O)c1ccccc1)c1ccccc1. The number of benzene rings is 3. The van der Waals surface area contributed by atoms with Crippen molar-refractivity contribution in [2.24, 2.45) is 0 Å². The average molecular weight is 526 g/mol. The van der Waals surface area contributed by atoms with Crippen molar-refractivity contribution in [2.45, 2.75) is 11.1 Å². The highest BCUT2D eigenvalue weighted by atomic mass is 35.5.